The Hall–Kier alpha value is -1.26. The van der Waals surface area contributed by atoms with Gasteiger partial charge in [-0.25, -0.2) is 0 Å². The van der Waals surface area contributed by atoms with Gasteiger partial charge < -0.3 is 14.6 Å². The third-order valence-electron chi connectivity index (χ3n) is 12.1. The van der Waals surface area contributed by atoms with Crippen LogP contribution in [-0.2, 0) is 10.2 Å². The van der Waals surface area contributed by atoms with E-state index in [9.17, 15) is 5.11 Å². The Kier molecular flexibility index (Phi) is 3.78. The predicted octanol–water partition coefficient (Wildman–Crippen LogP) is 5.58. The van der Waals surface area contributed by atoms with Crippen LogP contribution in [0.2, 0.25) is 0 Å². The topological polar surface area (TPSA) is 41.9 Å². The van der Waals surface area contributed by atoms with Gasteiger partial charge in [-0.05, 0) is 101 Å². The van der Waals surface area contributed by atoms with Crippen LogP contribution in [0.1, 0.15) is 84.3 Å². The highest BCUT2D eigenvalue weighted by Crippen LogP contribution is 2.79. The van der Waals surface area contributed by atoms with Gasteiger partial charge in [0.15, 0.2) is 11.5 Å². The summed E-state index contributed by atoms with van der Waals surface area (Å²) in [6.45, 7) is 16.6. The minimum atomic E-state index is -0.273. The summed E-state index contributed by atoms with van der Waals surface area (Å²) in [5, 5.41) is 11.0. The molecule has 0 amide bonds. The SMILES string of the molecule is Cc1ccc(O)c2c1[C@]13CCN(CC4CC4)[C@H](C)[C@]14CCC1(OC(C)(C)C(C)(C)[C@H]1C4)[C@@H]3O2. The first-order chi connectivity index (χ1) is 15.5. The van der Waals surface area contributed by atoms with Crippen LogP contribution < -0.4 is 4.74 Å². The highest BCUT2D eigenvalue weighted by atomic mass is 16.6. The number of piperidine rings is 1. The number of phenolic OH excluding ortho intramolecular Hbond substituents is 1. The fourth-order valence-corrected chi connectivity index (χ4v) is 9.74. The number of likely N-dealkylation sites (tertiary alicyclic amines) is 1. The number of aryl methyl sites for hydroxylation is 1. The molecule has 0 radical (unpaired) electrons. The Morgan fingerprint density at radius 2 is 1.85 bits per heavy atom. The summed E-state index contributed by atoms with van der Waals surface area (Å²) in [6.07, 6.45) is 7.41. The van der Waals surface area contributed by atoms with Crippen LogP contribution in [0.15, 0.2) is 12.1 Å². The average molecular weight is 452 g/mol. The number of nitrogens with zero attached hydrogens (tertiary/aromatic N) is 1. The molecule has 3 aliphatic heterocycles. The largest absolute Gasteiger partial charge is 0.504 e. The minimum Gasteiger partial charge on any atom is -0.504 e. The van der Waals surface area contributed by atoms with Crippen molar-refractivity contribution in [3.63, 3.8) is 0 Å². The van der Waals surface area contributed by atoms with E-state index in [1.165, 1.54) is 43.4 Å². The first-order valence-electron chi connectivity index (χ1n) is 13.4. The second-order valence-electron chi connectivity index (χ2n) is 13.6. The highest BCUT2D eigenvalue weighted by Gasteiger charge is 2.83. The molecule has 1 N–H and O–H groups in total. The molecule has 1 aromatic rings. The number of rotatable bonds is 2. The third-order valence-corrected chi connectivity index (χ3v) is 12.1. The van der Waals surface area contributed by atoms with Crippen LogP contribution in [0.5, 0.6) is 11.5 Å². The predicted molar refractivity (Wildman–Crippen MR) is 129 cm³/mol. The molecule has 4 heteroatoms. The molecule has 7 aliphatic rings. The number of hydrogen-bond acceptors (Lipinski definition) is 4. The van der Waals surface area contributed by atoms with Gasteiger partial charge in [-0.15, -0.1) is 0 Å². The summed E-state index contributed by atoms with van der Waals surface area (Å²) in [4.78, 5) is 2.84. The van der Waals surface area contributed by atoms with Crippen molar-refractivity contribution >= 4 is 0 Å². The summed E-state index contributed by atoms with van der Waals surface area (Å²) in [5.41, 5.74) is 2.27. The quantitative estimate of drug-likeness (QED) is 0.638. The van der Waals surface area contributed by atoms with Gasteiger partial charge in [0.2, 0.25) is 0 Å². The highest BCUT2D eigenvalue weighted by molar-refractivity contribution is 5.61. The molecule has 2 saturated heterocycles. The monoisotopic (exact) mass is 451 g/mol. The molecular weight excluding hydrogens is 410 g/mol. The van der Waals surface area contributed by atoms with Gasteiger partial charge in [0.1, 0.15) is 11.7 Å². The van der Waals surface area contributed by atoms with Gasteiger partial charge in [-0.2, -0.15) is 0 Å². The van der Waals surface area contributed by atoms with Crippen molar-refractivity contribution in [3.8, 4) is 11.5 Å². The van der Waals surface area contributed by atoms with Gasteiger partial charge in [0.05, 0.1) is 5.60 Å². The molecule has 4 aliphatic carbocycles. The molecule has 0 aromatic heterocycles. The molecule has 33 heavy (non-hydrogen) atoms. The summed E-state index contributed by atoms with van der Waals surface area (Å²) in [5.74, 6) is 2.45. The Morgan fingerprint density at radius 3 is 2.58 bits per heavy atom. The van der Waals surface area contributed by atoms with Crippen molar-refractivity contribution in [1.82, 2.24) is 4.90 Å². The van der Waals surface area contributed by atoms with Crippen molar-refractivity contribution in [2.75, 3.05) is 13.1 Å². The summed E-state index contributed by atoms with van der Waals surface area (Å²) < 4.78 is 14.2. The van der Waals surface area contributed by atoms with Crippen LogP contribution >= 0.6 is 0 Å². The Balaban J connectivity index is 1.47. The number of benzene rings is 1. The smallest absolute Gasteiger partial charge is 0.165 e. The number of hydrogen-bond donors (Lipinski definition) is 1. The summed E-state index contributed by atoms with van der Waals surface area (Å²) >= 11 is 0. The van der Waals surface area contributed by atoms with Crippen LogP contribution in [0.4, 0.5) is 0 Å². The van der Waals surface area contributed by atoms with E-state index in [0.29, 0.717) is 17.7 Å². The van der Waals surface area contributed by atoms with E-state index in [0.717, 1.165) is 31.1 Å². The number of aromatic hydroxyl groups is 1. The fraction of sp³-hybridized carbons (Fsp3) is 0.793. The maximum absolute atomic E-state index is 11.0. The standard InChI is InChI=1S/C29H41NO3/c1-17-7-10-20(31)23-22(17)28-13-14-30(16-19-8-9-19)18(2)27(28)11-12-29(24(28)32-23)21(15-27)25(3,4)26(5,6)33-29/h7,10,18-19,21,24,31H,8-9,11-16H2,1-6H3/t18-,21-,24-,27-,28+,29?/m1/s1. The first-order valence-corrected chi connectivity index (χ1v) is 13.4. The van der Waals surface area contributed by atoms with Crippen molar-refractivity contribution < 1.29 is 14.6 Å². The zero-order valence-electron chi connectivity index (χ0n) is 21.3. The van der Waals surface area contributed by atoms with Crippen molar-refractivity contribution in [2.45, 2.75) is 109 Å². The zero-order valence-corrected chi connectivity index (χ0v) is 21.3. The van der Waals surface area contributed by atoms with Crippen molar-refractivity contribution in [2.24, 2.45) is 22.7 Å². The normalized spacial score (nSPS) is 46.3. The molecule has 2 bridgehead atoms. The van der Waals surface area contributed by atoms with E-state index >= 15 is 0 Å². The van der Waals surface area contributed by atoms with E-state index in [1.807, 2.05) is 6.07 Å². The Labute approximate surface area is 199 Å². The lowest BCUT2D eigenvalue weighted by Gasteiger charge is -2.72. The van der Waals surface area contributed by atoms with Gasteiger partial charge in [0, 0.05) is 29.5 Å². The molecule has 6 atom stereocenters. The second-order valence-corrected chi connectivity index (χ2v) is 13.6. The average Bonchev–Trinajstić information content (AvgIpc) is 3.46. The lowest BCUT2D eigenvalue weighted by atomic mass is 9.35. The number of ether oxygens (including phenoxy) is 2. The fourth-order valence-electron chi connectivity index (χ4n) is 9.74. The van der Waals surface area contributed by atoms with Gasteiger partial charge in [0.25, 0.3) is 0 Å². The number of phenols is 1. The molecule has 8 rings (SSSR count). The maximum Gasteiger partial charge on any atom is 0.165 e. The van der Waals surface area contributed by atoms with E-state index < -0.39 is 0 Å². The molecule has 180 valence electrons. The van der Waals surface area contributed by atoms with E-state index in [4.69, 9.17) is 9.47 Å². The van der Waals surface area contributed by atoms with Crippen molar-refractivity contribution in [3.05, 3.63) is 23.3 Å². The van der Waals surface area contributed by atoms with Gasteiger partial charge in [-0.3, -0.25) is 4.90 Å². The van der Waals surface area contributed by atoms with Crippen LogP contribution in [0, 0.1) is 29.6 Å². The minimum absolute atomic E-state index is 0.00826. The van der Waals surface area contributed by atoms with E-state index in [-0.39, 0.29) is 33.6 Å². The van der Waals surface area contributed by atoms with Crippen molar-refractivity contribution in [1.29, 1.82) is 0 Å². The lowest BCUT2D eigenvalue weighted by Crippen LogP contribution is -2.79. The second kappa shape index (κ2) is 5.93. The molecule has 6 fully saturated rings. The molecular formula is C29H41NO3. The molecule has 3 heterocycles. The van der Waals surface area contributed by atoms with Gasteiger partial charge >= 0.3 is 0 Å². The summed E-state index contributed by atoms with van der Waals surface area (Å²) in [6, 6.07) is 4.47. The molecule has 4 nitrogen and oxygen atoms in total. The zero-order chi connectivity index (χ0) is 23.2. The Bertz CT molecular complexity index is 1040. The van der Waals surface area contributed by atoms with Crippen LogP contribution in [0.25, 0.3) is 0 Å². The lowest BCUT2D eigenvalue weighted by molar-refractivity contribution is -0.267. The first kappa shape index (κ1) is 21.1. The van der Waals surface area contributed by atoms with Gasteiger partial charge in [-0.1, -0.05) is 19.9 Å². The maximum atomic E-state index is 11.0. The summed E-state index contributed by atoms with van der Waals surface area (Å²) in [7, 11) is 0. The van der Waals surface area contributed by atoms with Crippen LogP contribution in [0.3, 0.4) is 0 Å². The van der Waals surface area contributed by atoms with E-state index in [1.54, 1.807) is 0 Å². The number of fused-ring (bicyclic) bond motifs is 2. The molecule has 4 saturated carbocycles. The third kappa shape index (κ3) is 2.15. The molecule has 1 aromatic carbocycles. The molecule has 1 unspecified atom stereocenters. The molecule has 3 spiro atoms. The Morgan fingerprint density at radius 1 is 1.09 bits per heavy atom. The van der Waals surface area contributed by atoms with E-state index in [2.05, 4.69) is 52.5 Å². The van der Waals surface area contributed by atoms with Crippen LogP contribution in [-0.4, -0.2) is 46.4 Å².